The van der Waals surface area contributed by atoms with Crippen LogP contribution in [0.5, 0.6) is 0 Å². The molecule has 0 atom stereocenters. The van der Waals surface area contributed by atoms with Gasteiger partial charge in [0, 0.05) is 20.1 Å². The molecule has 110 valence electrons. The molecular weight excluding hydrogens is 284 g/mol. The van der Waals surface area contributed by atoms with Gasteiger partial charge < -0.3 is 9.80 Å². The van der Waals surface area contributed by atoms with Crippen LogP contribution >= 0.6 is 11.3 Å². The Morgan fingerprint density at radius 1 is 1.19 bits per heavy atom. The highest BCUT2D eigenvalue weighted by Crippen LogP contribution is 2.28. The van der Waals surface area contributed by atoms with Crippen molar-refractivity contribution in [2.24, 2.45) is 0 Å². The molecule has 1 fully saturated rings. The third kappa shape index (κ3) is 2.35. The van der Waals surface area contributed by atoms with E-state index in [0.29, 0.717) is 6.04 Å². The highest BCUT2D eigenvalue weighted by atomic mass is 32.1. The van der Waals surface area contributed by atoms with Gasteiger partial charge in [-0.1, -0.05) is 11.3 Å². The van der Waals surface area contributed by atoms with Gasteiger partial charge in [-0.05, 0) is 37.3 Å². The highest BCUT2D eigenvalue weighted by molar-refractivity contribution is 7.13. The number of hydrogen-bond donors (Lipinski definition) is 0. The van der Waals surface area contributed by atoms with Crippen molar-refractivity contribution in [2.45, 2.75) is 31.7 Å². The Morgan fingerprint density at radius 3 is 2.86 bits per heavy atom. The number of anilines is 2. The topological polar surface area (TPSA) is 58.0 Å². The molecule has 2 aromatic heterocycles. The Balaban J connectivity index is 1.43. The van der Waals surface area contributed by atoms with Gasteiger partial charge in [0.2, 0.25) is 5.13 Å². The Hall–Kier alpha value is -1.76. The van der Waals surface area contributed by atoms with Crippen LogP contribution < -0.4 is 9.80 Å². The van der Waals surface area contributed by atoms with Crippen LogP contribution in [0.1, 0.15) is 24.1 Å². The fraction of sp³-hybridized carbons (Fsp3) is 0.571. The first-order chi connectivity index (χ1) is 10.3. The monoisotopic (exact) mass is 302 g/mol. The average molecular weight is 302 g/mol. The van der Waals surface area contributed by atoms with Gasteiger partial charge in [-0.2, -0.15) is 5.10 Å². The van der Waals surface area contributed by atoms with Gasteiger partial charge in [-0.3, -0.25) is 0 Å². The van der Waals surface area contributed by atoms with Gasteiger partial charge in [0.05, 0.1) is 11.7 Å². The molecule has 2 aliphatic rings. The van der Waals surface area contributed by atoms with Crippen molar-refractivity contribution in [1.29, 1.82) is 0 Å². The molecule has 0 aromatic carbocycles. The van der Waals surface area contributed by atoms with E-state index in [2.05, 4.69) is 43.3 Å². The fourth-order valence-corrected chi connectivity index (χ4v) is 3.60. The highest BCUT2D eigenvalue weighted by Gasteiger charge is 2.32. The van der Waals surface area contributed by atoms with Crippen LogP contribution in [-0.2, 0) is 12.8 Å². The molecule has 2 aromatic rings. The quantitative estimate of drug-likeness (QED) is 0.857. The molecular formula is C14H18N6S. The van der Waals surface area contributed by atoms with Crippen LogP contribution in [0, 0.1) is 0 Å². The summed E-state index contributed by atoms with van der Waals surface area (Å²) in [7, 11) is 2.08. The van der Waals surface area contributed by atoms with Crippen molar-refractivity contribution in [1.82, 2.24) is 20.4 Å². The Bertz CT molecular complexity index is 622. The minimum atomic E-state index is 0.482. The molecule has 1 aliphatic heterocycles. The number of fused-ring (bicyclic) bond motifs is 1. The van der Waals surface area contributed by atoms with Crippen LogP contribution in [0.4, 0.5) is 10.9 Å². The summed E-state index contributed by atoms with van der Waals surface area (Å²) in [6, 6.07) is 2.72. The molecule has 0 radical (unpaired) electrons. The van der Waals surface area contributed by atoms with Crippen LogP contribution in [0.3, 0.4) is 0 Å². The fourth-order valence-electron chi connectivity index (χ4n) is 3.00. The second kappa shape index (κ2) is 5.22. The molecule has 7 heteroatoms. The summed E-state index contributed by atoms with van der Waals surface area (Å²) in [5.74, 6) is 1.03. The zero-order chi connectivity index (χ0) is 14.2. The zero-order valence-corrected chi connectivity index (χ0v) is 12.9. The van der Waals surface area contributed by atoms with Crippen molar-refractivity contribution in [3.8, 4) is 0 Å². The molecule has 1 saturated heterocycles. The summed E-state index contributed by atoms with van der Waals surface area (Å²) in [6.07, 6.45) is 4.77. The molecule has 0 unspecified atom stereocenters. The van der Waals surface area contributed by atoms with E-state index < -0.39 is 0 Å². The summed E-state index contributed by atoms with van der Waals surface area (Å²) in [5.41, 5.74) is 4.37. The third-order valence-electron chi connectivity index (χ3n) is 4.44. The molecule has 0 amide bonds. The van der Waals surface area contributed by atoms with E-state index in [1.807, 2.05) is 0 Å². The van der Waals surface area contributed by atoms with Crippen LogP contribution in [0.2, 0.25) is 0 Å². The molecule has 3 heterocycles. The first kappa shape index (κ1) is 12.9. The summed E-state index contributed by atoms with van der Waals surface area (Å²) in [4.78, 5) is 4.50. The molecule has 0 N–H and O–H groups in total. The Labute approximate surface area is 127 Å². The maximum Gasteiger partial charge on any atom is 0.208 e. The van der Waals surface area contributed by atoms with Gasteiger partial charge in [-0.15, -0.1) is 15.3 Å². The number of likely N-dealkylation sites (N-methyl/N-ethyl adjacent to an activating group) is 1. The van der Waals surface area contributed by atoms with Crippen LogP contribution in [0.15, 0.2) is 11.6 Å². The number of nitrogens with zero attached hydrogens (tertiary/aromatic N) is 6. The largest absolute Gasteiger partial charge is 0.351 e. The van der Waals surface area contributed by atoms with Gasteiger partial charge in [-0.25, -0.2) is 0 Å². The molecule has 0 saturated carbocycles. The maximum absolute atomic E-state index is 4.42. The minimum absolute atomic E-state index is 0.482. The molecule has 0 spiro atoms. The molecule has 0 bridgehead atoms. The van der Waals surface area contributed by atoms with Gasteiger partial charge >= 0.3 is 0 Å². The van der Waals surface area contributed by atoms with Gasteiger partial charge in [0.1, 0.15) is 5.51 Å². The van der Waals surface area contributed by atoms with Crippen molar-refractivity contribution < 1.29 is 0 Å². The molecule has 1 aliphatic carbocycles. The van der Waals surface area contributed by atoms with Crippen molar-refractivity contribution in [3.05, 3.63) is 22.8 Å². The first-order valence-corrected chi connectivity index (χ1v) is 8.28. The van der Waals surface area contributed by atoms with E-state index in [4.69, 9.17) is 0 Å². The van der Waals surface area contributed by atoms with E-state index in [-0.39, 0.29) is 0 Å². The Kier molecular flexibility index (Phi) is 3.21. The Morgan fingerprint density at radius 2 is 2.05 bits per heavy atom. The predicted molar refractivity (Wildman–Crippen MR) is 83.0 cm³/mol. The molecule has 4 rings (SSSR count). The minimum Gasteiger partial charge on any atom is -0.351 e. The van der Waals surface area contributed by atoms with E-state index in [1.54, 1.807) is 16.8 Å². The van der Waals surface area contributed by atoms with E-state index in [0.717, 1.165) is 36.9 Å². The number of aromatic nitrogens is 4. The molecule has 6 nitrogen and oxygen atoms in total. The normalized spacial score (nSPS) is 18.2. The van der Waals surface area contributed by atoms with Crippen LogP contribution in [0.25, 0.3) is 0 Å². The van der Waals surface area contributed by atoms with Crippen molar-refractivity contribution in [2.75, 3.05) is 29.9 Å². The smallest absolute Gasteiger partial charge is 0.208 e. The average Bonchev–Trinajstić information content (AvgIpc) is 2.99. The summed E-state index contributed by atoms with van der Waals surface area (Å²) < 4.78 is 0. The zero-order valence-electron chi connectivity index (χ0n) is 12.1. The maximum atomic E-state index is 4.42. The van der Waals surface area contributed by atoms with Crippen molar-refractivity contribution >= 4 is 22.3 Å². The van der Waals surface area contributed by atoms with Gasteiger partial charge in [0.15, 0.2) is 5.82 Å². The SMILES string of the molecule is CN(c1nncs1)C1CN(c2cc3c(nn2)CCCC3)C1. The standard InChI is InChI=1S/C14H18N6S/c1-19(14-18-15-9-21-14)11-7-20(8-11)13-6-10-4-2-3-5-12(10)16-17-13/h6,9,11H,2-5,7-8H2,1H3. The summed E-state index contributed by atoms with van der Waals surface area (Å²) >= 11 is 1.58. The van der Waals surface area contributed by atoms with Gasteiger partial charge in [0.25, 0.3) is 0 Å². The second-order valence-electron chi connectivity index (χ2n) is 5.77. The van der Waals surface area contributed by atoms with E-state index in [9.17, 15) is 0 Å². The lowest BCUT2D eigenvalue weighted by Gasteiger charge is -2.44. The van der Waals surface area contributed by atoms with E-state index >= 15 is 0 Å². The first-order valence-electron chi connectivity index (χ1n) is 7.40. The van der Waals surface area contributed by atoms with E-state index in [1.165, 1.54) is 24.1 Å². The third-order valence-corrected chi connectivity index (χ3v) is 5.22. The number of rotatable bonds is 3. The predicted octanol–water partition coefficient (Wildman–Crippen LogP) is 1.53. The summed E-state index contributed by atoms with van der Waals surface area (Å²) in [5, 5.41) is 17.8. The molecule has 21 heavy (non-hydrogen) atoms. The number of hydrogen-bond acceptors (Lipinski definition) is 7. The number of aryl methyl sites for hydroxylation is 2. The summed E-state index contributed by atoms with van der Waals surface area (Å²) in [6.45, 7) is 1.95. The second-order valence-corrected chi connectivity index (χ2v) is 6.58. The van der Waals surface area contributed by atoms with Crippen LogP contribution in [-0.4, -0.2) is 46.6 Å². The lowest BCUT2D eigenvalue weighted by Crippen LogP contribution is -2.59. The lowest BCUT2D eigenvalue weighted by molar-refractivity contribution is 0.487. The van der Waals surface area contributed by atoms with Crippen molar-refractivity contribution in [3.63, 3.8) is 0 Å². The lowest BCUT2D eigenvalue weighted by atomic mass is 9.96.